The molecule has 0 atom stereocenters. The molecular formula is C12H16N4O2. The fourth-order valence-corrected chi connectivity index (χ4v) is 1.44. The van der Waals surface area contributed by atoms with Crippen LogP contribution in [0.5, 0.6) is 5.75 Å². The molecule has 0 fully saturated rings. The van der Waals surface area contributed by atoms with E-state index in [1.165, 1.54) is 0 Å². The van der Waals surface area contributed by atoms with Crippen molar-refractivity contribution in [2.24, 2.45) is 0 Å². The van der Waals surface area contributed by atoms with Gasteiger partial charge in [0.2, 0.25) is 5.89 Å². The molecule has 0 aliphatic rings. The van der Waals surface area contributed by atoms with Crippen molar-refractivity contribution in [3.8, 4) is 5.75 Å². The van der Waals surface area contributed by atoms with Crippen LogP contribution in [-0.2, 0) is 6.54 Å². The predicted molar refractivity (Wildman–Crippen MR) is 68.0 cm³/mol. The van der Waals surface area contributed by atoms with Gasteiger partial charge in [0.25, 0.3) is 0 Å². The number of nitrogens with zero attached hydrogens (tertiary/aromatic N) is 3. The van der Waals surface area contributed by atoms with Crippen molar-refractivity contribution in [3.63, 3.8) is 0 Å². The van der Waals surface area contributed by atoms with E-state index in [9.17, 15) is 0 Å². The zero-order valence-electron chi connectivity index (χ0n) is 10.7. The first-order chi connectivity index (χ1) is 8.67. The van der Waals surface area contributed by atoms with Crippen LogP contribution in [0, 0.1) is 0 Å². The summed E-state index contributed by atoms with van der Waals surface area (Å²) in [6.45, 7) is 0.622. The molecule has 0 amide bonds. The second-order valence-electron chi connectivity index (χ2n) is 4.09. The van der Waals surface area contributed by atoms with Crippen LogP contribution in [0.3, 0.4) is 0 Å². The molecule has 1 aromatic carbocycles. The van der Waals surface area contributed by atoms with Gasteiger partial charge in [0.05, 0.1) is 13.7 Å². The summed E-state index contributed by atoms with van der Waals surface area (Å²) in [5.74, 6) is 1.38. The van der Waals surface area contributed by atoms with Gasteiger partial charge in [0.1, 0.15) is 5.75 Å². The van der Waals surface area contributed by atoms with Crippen molar-refractivity contribution >= 4 is 11.7 Å². The van der Waals surface area contributed by atoms with Crippen molar-refractivity contribution in [1.82, 2.24) is 15.1 Å². The molecule has 2 rings (SSSR count). The maximum atomic E-state index is 5.45. The zero-order chi connectivity index (χ0) is 13.0. The van der Waals surface area contributed by atoms with Gasteiger partial charge < -0.3 is 19.4 Å². The molecule has 0 radical (unpaired) electrons. The summed E-state index contributed by atoms with van der Waals surface area (Å²) in [6, 6.07) is 7.87. The van der Waals surface area contributed by atoms with Gasteiger partial charge in [0.15, 0.2) is 0 Å². The first-order valence-electron chi connectivity index (χ1n) is 5.55. The Labute approximate surface area is 106 Å². The molecule has 0 spiro atoms. The normalized spacial score (nSPS) is 10.7. The van der Waals surface area contributed by atoms with Crippen LogP contribution >= 0.6 is 0 Å². The summed E-state index contributed by atoms with van der Waals surface area (Å²) >= 11 is 0. The number of rotatable bonds is 5. The fraction of sp³-hybridized carbons (Fsp3) is 0.333. The Morgan fingerprint density at radius 3 is 2.56 bits per heavy atom. The van der Waals surface area contributed by atoms with E-state index < -0.39 is 0 Å². The lowest BCUT2D eigenvalue weighted by molar-refractivity contribution is 0.344. The monoisotopic (exact) mass is 248 g/mol. The summed E-state index contributed by atoms with van der Waals surface area (Å²) in [7, 11) is 5.52. The van der Waals surface area contributed by atoms with Crippen molar-refractivity contribution < 1.29 is 9.15 Å². The minimum atomic E-state index is 0.386. The highest BCUT2D eigenvalue weighted by atomic mass is 16.5. The highest BCUT2D eigenvalue weighted by Gasteiger charge is 2.06. The van der Waals surface area contributed by atoms with Gasteiger partial charge in [-0.3, -0.25) is 0 Å². The van der Waals surface area contributed by atoms with Gasteiger partial charge in [-0.25, -0.2) is 0 Å². The van der Waals surface area contributed by atoms with E-state index in [4.69, 9.17) is 9.15 Å². The lowest BCUT2D eigenvalue weighted by Gasteiger charge is -2.04. The largest absolute Gasteiger partial charge is 0.497 e. The van der Waals surface area contributed by atoms with E-state index in [0.29, 0.717) is 18.5 Å². The number of anilines is 2. The van der Waals surface area contributed by atoms with Crippen molar-refractivity contribution in [3.05, 3.63) is 30.2 Å². The van der Waals surface area contributed by atoms with Crippen molar-refractivity contribution in [1.29, 1.82) is 0 Å². The zero-order valence-corrected chi connectivity index (χ0v) is 10.7. The molecule has 0 saturated carbocycles. The standard InChI is InChI=1S/C12H16N4O2/c1-16(2)8-11-14-15-12(18-11)13-9-4-6-10(17-3)7-5-9/h4-7H,8H2,1-3H3,(H,13,15). The minimum Gasteiger partial charge on any atom is -0.497 e. The summed E-state index contributed by atoms with van der Waals surface area (Å²) < 4.78 is 10.5. The molecule has 0 aliphatic carbocycles. The molecule has 1 heterocycles. The maximum Gasteiger partial charge on any atom is 0.320 e. The maximum absolute atomic E-state index is 5.45. The molecule has 0 saturated heterocycles. The first kappa shape index (κ1) is 12.4. The highest BCUT2D eigenvalue weighted by Crippen LogP contribution is 2.19. The number of hydrogen-bond acceptors (Lipinski definition) is 6. The van der Waals surface area contributed by atoms with Crippen LogP contribution in [0.25, 0.3) is 0 Å². The predicted octanol–water partition coefficient (Wildman–Crippen LogP) is 1.88. The minimum absolute atomic E-state index is 0.386. The van der Waals surface area contributed by atoms with Gasteiger partial charge in [-0.05, 0) is 38.4 Å². The second kappa shape index (κ2) is 5.50. The highest BCUT2D eigenvalue weighted by molar-refractivity contribution is 5.53. The number of hydrogen-bond donors (Lipinski definition) is 1. The van der Waals surface area contributed by atoms with E-state index in [2.05, 4.69) is 15.5 Å². The van der Waals surface area contributed by atoms with E-state index in [-0.39, 0.29) is 0 Å². The Morgan fingerprint density at radius 2 is 1.94 bits per heavy atom. The van der Waals surface area contributed by atoms with Crippen molar-refractivity contribution in [2.75, 3.05) is 26.5 Å². The molecule has 6 nitrogen and oxygen atoms in total. The molecule has 0 bridgehead atoms. The SMILES string of the molecule is COc1ccc(Nc2nnc(CN(C)C)o2)cc1. The number of aromatic nitrogens is 2. The first-order valence-corrected chi connectivity index (χ1v) is 5.55. The van der Waals surface area contributed by atoms with Crippen LogP contribution in [-0.4, -0.2) is 36.3 Å². The third-order valence-corrected chi connectivity index (χ3v) is 2.26. The van der Waals surface area contributed by atoms with Crippen molar-refractivity contribution in [2.45, 2.75) is 6.54 Å². The quantitative estimate of drug-likeness (QED) is 0.871. The average molecular weight is 248 g/mol. The lowest BCUT2D eigenvalue weighted by Crippen LogP contribution is -2.10. The Kier molecular flexibility index (Phi) is 3.78. The van der Waals surface area contributed by atoms with Gasteiger partial charge in [0, 0.05) is 5.69 Å². The summed E-state index contributed by atoms with van der Waals surface area (Å²) in [5, 5.41) is 10.9. The second-order valence-corrected chi connectivity index (χ2v) is 4.09. The number of nitrogens with one attached hydrogen (secondary N) is 1. The summed E-state index contributed by atoms with van der Waals surface area (Å²) in [6.07, 6.45) is 0. The molecule has 2 aromatic rings. The summed E-state index contributed by atoms with van der Waals surface area (Å²) in [4.78, 5) is 1.96. The number of methoxy groups -OCH3 is 1. The molecule has 1 N–H and O–H groups in total. The Hall–Kier alpha value is -2.08. The Balaban J connectivity index is 2.01. The molecule has 1 aromatic heterocycles. The van der Waals surface area contributed by atoms with Crippen LogP contribution < -0.4 is 10.1 Å². The molecule has 0 unspecified atom stereocenters. The van der Waals surface area contributed by atoms with Crippen LogP contribution in [0.15, 0.2) is 28.7 Å². The topological polar surface area (TPSA) is 63.4 Å². The average Bonchev–Trinajstić information content (AvgIpc) is 2.76. The molecular weight excluding hydrogens is 232 g/mol. The molecule has 0 aliphatic heterocycles. The summed E-state index contributed by atoms with van der Waals surface area (Å²) in [5.41, 5.74) is 0.871. The molecule has 96 valence electrons. The van der Waals surface area contributed by atoms with Crippen LogP contribution in [0.1, 0.15) is 5.89 Å². The third kappa shape index (κ3) is 3.21. The van der Waals surface area contributed by atoms with E-state index >= 15 is 0 Å². The van der Waals surface area contributed by atoms with E-state index in [0.717, 1.165) is 11.4 Å². The molecule has 18 heavy (non-hydrogen) atoms. The number of ether oxygens (including phenoxy) is 1. The Bertz CT molecular complexity index is 493. The van der Waals surface area contributed by atoms with Gasteiger partial charge in [-0.1, -0.05) is 5.10 Å². The third-order valence-electron chi connectivity index (χ3n) is 2.26. The molecule has 6 heteroatoms. The van der Waals surface area contributed by atoms with Gasteiger partial charge in [-0.2, -0.15) is 0 Å². The fourth-order valence-electron chi connectivity index (χ4n) is 1.44. The van der Waals surface area contributed by atoms with E-state index in [1.807, 2.05) is 43.3 Å². The smallest absolute Gasteiger partial charge is 0.320 e. The Morgan fingerprint density at radius 1 is 1.22 bits per heavy atom. The van der Waals surface area contributed by atoms with Crippen LogP contribution in [0.2, 0.25) is 0 Å². The van der Waals surface area contributed by atoms with Crippen LogP contribution in [0.4, 0.5) is 11.7 Å². The van der Waals surface area contributed by atoms with E-state index in [1.54, 1.807) is 7.11 Å². The van der Waals surface area contributed by atoms with Gasteiger partial charge >= 0.3 is 6.01 Å². The van der Waals surface area contributed by atoms with Gasteiger partial charge in [-0.15, -0.1) is 5.10 Å². The number of benzene rings is 1. The lowest BCUT2D eigenvalue weighted by atomic mass is 10.3.